The second-order valence-corrected chi connectivity index (χ2v) is 6.25. The first-order valence-corrected chi connectivity index (χ1v) is 8.26. The van der Waals surface area contributed by atoms with E-state index in [9.17, 15) is 0 Å². The normalized spacial score (nSPS) is 14.8. The van der Waals surface area contributed by atoms with E-state index in [1.165, 1.54) is 16.6 Å². The zero-order chi connectivity index (χ0) is 15.4. The molecule has 0 spiro atoms. The van der Waals surface area contributed by atoms with Gasteiger partial charge in [0, 0.05) is 24.4 Å². The van der Waals surface area contributed by atoms with Gasteiger partial charge in [-0.05, 0) is 31.4 Å². The number of nitrogens with zero attached hydrogens (tertiary/aromatic N) is 2. The number of aromatic nitrogens is 2. The largest absolute Gasteiger partial charge is 0.314 e. The summed E-state index contributed by atoms with van der Waals surface area (Å²) in [5, 5.41) is 9.81. The molecule has 0 fully saturated rings. The van der Waals surface area contributed by atoms with Crippen molar-refractivity contribution in [1.82, 2.24) is 15.1 Å². The quantitative estimate of drug-likeness (QED) is 0.838. The highest BCUT2D eigenvalue weighted by molar-refractivity contribution is 5.82. The highest BCUT2D eigenvalue weighted by Crippen LogP contribution is 2.23. The van der Waals surface area contributed by atoms with Crippen molar-refractivity contribution < 1.29 is 0 Å². The number of fused-ring (bicyclic) bond motifs is 1. The first kappa shape index (κ1) is 16.0. The maximum absolute atomic E-state index is 4.85. The number of para-hydroxylation sites is 1. The summed E-state index contributed by atoms with van der Waals surface area (Å²) < 4.78 is 2.12. The van der Waals surface area contributed by atoms with Gasteiger partial charge >= 0.3 is 0 Å². The lowest BCUT2D eigenvalue weighted by atomic mass is 9.87. The van der Waals surface area contributed by atoms with Crippen LogP contribution in [-0.2, 0) is 13.0 Å². The Morgan fingerprint density at radius 2 is 1.86 bits per heavy atom. The average Bonchev–Trinajstić information content (AvgIpc) is 2.84. The molecule has 0 radical (unpaired) electrons. The molecule has 21 heavy (non-hydrogen) atoms. The van der Waals surface area contributed by atoms with Crippen LogP contribution in [0.5, 0.6) is 0 Å². The van der Waals surface area contributed by atoms with Gasteiger partial charge in [-0.1, -0.05) is 45.9 Å². The Hall–Kier alpha value is -1.35. The molecule has 0 bridgehead atoms. The Morgan fingerprint density at radius 3 is 2.48 bits per heavy atom. The number of nitrogens with one attached hydrogen (secondary N) is 1. The summed E-state index contributed by atoms with van der Waals surface area (Å²) in [5.74, 6) is 1.31. The second kappa shape index (κ2) is 7.08. The summed E-state index contributed by atoms with van der Waals surface area (Å²) in [7, 11) is 0. The summed E-state index contributed by atoms with van der Waals surface area (Å²) in [6.45, 7) is 13.2. The number of aryl methyl sites for hydroxylation is 1. The molecule has 0 amide bonds. The summed E-state index contributed by atoms with van der Waals surface area (Å²) >= 11 is 0. The summed E-state index contributed by atoms with van der Waals surface area (Å²) in [5.41, 5.74) is 2.48. The number of benzene rings is 1. The van der Waals surface area contributed by atoms with Gasteiger partial charge in [0.2, 0.25) is 0 Å². The van der Waals surface area contributed by atoms with Gasteiger partial charge in [-0.25, -0.2) is 0 Å². The van der Waals surface area contributed by atoms with Crippen molar-refractivity contribution in [2.24, 2.45) is 11.8 Å². The van der Waals surface area contributed by atoms with E-state index in [-0.39, 0.29) is 0 Å². The summed E-state index contributed by atoms with van der Waals surface area (Å²) in [6.07, 6.45) is 1.00. The van der Waals surface area contributed by atoms with E-state index in [0.717, 1.165) is 19.5 Å². The molecule has 116 valence electrons. The first-order valence-electron chi connectivity index (χ1n) is 8.26. The number of hydrogen-bond acceptors (Lipinski definition) is 2. The van der Waals surface area contributed by atoms with E-state index in [1.807, 2.05) is 0 Å². The van der Waals surface area contributed by atoms with Gasteiger partial charge in [-0.3, -0.25) is 4.68 Å². The van der Waals surface area contributed by atoms with Crippen LogP contribution >= 0.6 is 0 Å². The van der Waals surface area contributed by atoms with Crippen LogP contribution in [-0.4, -0.2) is 22.4 Å². The molecule has 0 saturated carbocycles. The minimum absolute atomic E-state index is 0.485. The molecule has 2 rings (SSSR count). The molecule has 2 aromatic rings. The highest BCUT2D eigenvalue weighted by Gasteiger charge is 2.22. The third kappa shape index (κ3) is 3.46. The molecule has 3 nitrogen and oxygen atoms in total. The van der Waals surface area contributed by atoms with Crippen molar-refractivity contribution in [3.05, 3.63) is 30.0 Å². The van der Waals surface area contributed by atoms with Crippen molar-refractivity contribution in [2.75, 3.05) is 6.54 Å². The van der Waals surface area contributed by atoms with E-state index < -0.39 is 0 Å². The molecule has 0 saturated heterocycles. The predicted molar refractivity (Wildman–Crippen MR) is 90.6 cm³/mol. The third-order valence-corrected chi connectivity index (χ3v) is 4.60. The zero-order valence-electron chi connectivity index (χ0n) is 14.1. The second-order valence-electron chi connectivity index (χ2n) is 6.25. The van der Waals surface area contributed by atoms with Crippen LogP contribution in [0.2, 0.25) is 0 Å². The Morgan fingerprint density at radius 1 is 1.14 bits per heavy atom. The van der Waals surface area contributed by atoms with Gasteiger partial charge < -0.3 is 5.32 Å². The van der Waals surface area contributed by atoms with E-state index in [2.05, 4.69) is 68.9 Å². The van der Waals surface area contributed by atoms with Crippen LogP contribution < -0.4 is 5.32 Å². The summed E-state index contributed by atoms with van der Waals surface area (Å²) in [4.78, 5) is 0. The highest BCUT2D eigenvalue weighted by atomic mass is 15.3. The molecular weight excluding hydrogens is 258 g/mol. The molecule has 1 heterocycles. The monoisotopic (exact) mass is 287 g/mol. The smallest absolute Gasteiger partial charge is 0.0718 e. The first-order chi connectivity index (χ1) is 10.1. The van der Waals surface area contributed by atoms with Crippen molar-refractivity contribution in [3.8, 4) is 0 Å². The molecule has 1 aromatic heterocycles. The van der Waals surface area contributed by atoms with Gasteiger partial charge in [0.25, 0.3) is 0 Å². The lowest BCUT2D eigenvalue weighted by Crippen LogP contribution is -2.39. The van der Waals surface area contributed by atoms with Crippen LogP contribution in [0.3, 0.4) is 0 Å². The minimum atomic E-state index is 0.485. The van der Waals surface area contributed by atoms with E-state index >= 15 is 0 Å². The topological polar surface area (TPSA) is 29.9 Å². The summed E-state index contributed by atoms with van der Waals surface area (Å²) in [6, 6.07) is 9.06. The lowest BCUT2D eigenvalue weighted by Gasteiger charge is -2.27. The molecular formula is C18H29N3. The molecule has 0 aliphatic rings. The van der Waals surface area contributed by atoms with Crippen molar-refractivity contribution in [1.29, 1.82) is 0 Å². The SMILES string of the molecule is CCNC(Cc1nn(CC)c2ccccc12)C(C)C(C)C. The van der Waals surface area contributed by atoms with E-state index in [1.54, 1.807) is 0 Å². The third-order valence-electron chi connectivity index (χ3n) is 4.60. The van der Waals surface area contributed by atoms with Gasteiger partial charge in [-0.2, -0.15) is 5.10 Å². The molecule has 0 aliphatic carbocycles. The molecule has 2 unspecified atom stereocenters. The van der Waals surface area contributed by atoms with Crippen LogP contribution in [0.4, 0.5) is 0 Å². The fraction of sp³-hybridized carbons (Fsp3) is 0.611. The predicted octanol–water partition coefficient (Wildman–Crippen LogP) is 3.87. The maximum Gasteiger partial charge on any atom is 0.0718 e. The Labute approximate surface area is 128 Å². The van der Waals surface area contributed by atoms with Gasteiger partial charge in [0.1, 0.15) is 0 Å². The number of rotatable bonds is 7. The molecule has 0 aliphatic heterocycles. The molecule has 3 heteroatoms. The van der Waals surface area contributed by atoms with Crippen LogP contribution in [0.15, 0.2) is 24.3 Å². The molecule has 2 atom stereocenters. The van der Waals surface area contributed by atoms with Gasteiger partial charge in [0.15, 0.2) is 0 Å². The van der Waals surface area contributed by atoms with E-state index in [0.29, 0.717) is 17.9 Å². The number of hydrogen-bond donors (Lipinski definition) is 1. The van der Waals surface area contributed by atoms with Crippen LogP contribution in [0.1, 0.15) is 40.3 Å². The van der Waals surface area contributed by atoms with Gasteiger partial charge in [0.05, 0.1) is 11.2 Å². The Balaban J connectivity index is 2.32. The molecule has 1 aromatic carbocycles. The molecule has 1 N–H and O–H groups in total. The lowest BCUT2D eigenvalue weighted by molar-refractivity contribution is 0.299. The van der Waals surface area contributed by atoms with Crippen LogP contribution in [0, 0.1) is 11.8 Å². The van der Waals surface area contributed by atoms with Crippen LogP contribution in [0.25, 0.3) is 10.9 Å². The zero-order valence-corrected chi connectivity index (χ0v) is 14.1. The van der Waals surface area contributed by atoms with Crippen molar-refractivity contribution >= 4 is 10.9 Å². The average molecular weight is 287 g/mol. The number of likely N-dealkylation sites (N-methyl/N-ethyl adjacent to an activating group) is 1. The Bertz CT molecular complexity index is 571. The standard InChI is InChI=1S/C18H29N3/c1-6-19-16(14(5)13(3)4)12-17-15-10-8-9-11-18(15)21(7-2)20-17/h8-11,13-14,16,19H,6-7,12H2,1-5H3. The van der Waals surface area contributed by atoms with E-state index in [4.69, 9.17) is 5.10 Å². The minimum Gasteiger partial charge on any atom is -0.314 e. The fourth-order valence-electron chi connectivity index (χ4n) is 2.97. The van der Waals surface area contributed by atoms with Crippen molar-refractivity contribution in [2.45, 2.75) is 53.6 Å². The van der Waals surface area contributed by atoms with Crippen molar-refractivity contribution in [3.63, 3.8) is 0 Å². The van der Waals surface area contributed by atoms with Gasteiger partial charge in [-0.15, -0.1) is 0 Å². The Kier molecular flexibility index (Phi) is 5.40. The maximum atomic E-state index is 4.85. The fourth-order valence-corrected chi connectivity index (χ4v) is 2.97.